The Balaban J connectivity index is 2.10. The minimum atomic E-state index is -1.37. The smallest absolute Gasteiger partial charge is 0.217 e. The molecule has 1 aromatic carbocycles. The molecule has 0 aromatic heterocycles. The van der Waals surface area contributed by atoms with Crippen LogP contribution in [0.4, 0.5) is 0 Å². The lowest BCUT2D eigenvalue weighted by Crippen LogP contribution is -2.64. The Morgan fingerprint density at radius 3 is 2.59 bits per heavy atom. The van der Waals surface area contributed by atoms with Crippen LogP contribution in [-0.4, -0.2) is 58.5 Å². The van der Waals surface area contributed by atoms with Gasteiger partial charge in [-0.2, -0.15) is 0 Å². The number of carbonyl (C=O) groups is 1. The van der Waals surface area contributed by atoms with Crippen molar-refractivity contribution in [3.05, 3.63) is 35.9 Å². The highest BCUT2D eigenvalue weighted by Crippen LogP contribution is 2.23. The molecule has 1 saturated heterocycles. The van der Waals surface area contributed by atoms with Gasteiger partial charge in [-0.3, -0.25) is 4.79 Å². The summed E-state index contributed by atoms with van der Waals surface area (Å²) in [4.78, 5) is 11.3. The molecule has 0 radical (unpaired) electrons. The maximum atomic E-state index is 11.3. The van der Waals surface area contributed by atoms with Gasteiger partial charge < -0.3 is 30.1 Å². The van der Waals surface area contributed by atoms with E-state index < -0.39 is 37.3 Å². The summed E-state index contributed by atoms with van der Waals surface area (Å²) >= 11 is 0. The van der Waals surface area contributed by atoms with E-state index in [2.05, 4.69) is 5.32 Å². The van der Waals surface area contributed by atoms with Gasteiger partial charge in [-0.15, -0.1) is 0 Å². The van der Waals surface area contributed by atoms with E-state index in [0.717, 1.165) is 5.56 Å². The van der Waals surface area contributed by atoms with E-state index in [1.807, 2.05) is 30.3 Å². The molecular weight excluding hydrogens is 290 g/mol. The third kappa shape index (κ3) is 4.02. The van der Waals surface area contributed by atoms with Crippen LogP contribution in [0.2, 0.25) is 0 Å². The minimum Gasteiger partial charge on any atom is -0.394 e. The molecule has 5 atom stereocenters. The average Bonchev–Trinajstić information content (AvgIpc) is 2.50. The van der Waals surface area contributed by atoms with Crippen molar-refractivity contribution in [2.24, 2.45) is 0 Å². The fraction of sp³-hybridized carbons (Fsp3) is 0.533. The van der Waals surface area contributed by atoms with Gasteiger partial charge in [0, 0.05) is 6.92 Å². The summed E-state index contributed by atoms with van der Waals surface area (Å²) in [6.07, 6.45) is -4.41. The second-order valence-corrected chi connectivity index (χ2v) is 5.23. The molecule has 3 unspecified atom stereocenters. The number of aliphatic hydroxyl groups excluding tert-OH is 3. The van der Waals surface area contributed by atoms with Crippen LogP contribution in [0, 0.1) is 0 Å². The summed E-state index contributed by atoms with van der Waals surface area (Å²) in [5.74, 6) is -0.379. The predicted octanol–water partition coefficient (Wildman–Crippen LogP) is -0.853. The van der Waals surface area contributed by atoms with Gasteiger partial charge in [-0.1, -0.05) is 30.3 Å². The molecule has 7 heteroatoms. The van der Waals surface area contributed by atoms with E-state index in [1.165, 1.54) is 6.92 Å². The second kappa shape index (κ2) is 7.66. The lowest BCUT2D eigenvalue weighted by Gasteiger charge is -2.42. The van der Waals surface area contributed by atoms with Crippen LogP contribution in [-0.2, 0) is 20.9 Å². The van der Waals surface area contributed by atoms with Gasteiger partial charge in [-0.05, 0) is 5.56 Å². The van der Waals surface area contributed by atoms with E-state index in [1.54, 1.807) is 0 Å². The summed E-state index contributed by atoms with van der Waals surface area (Å²) < 4.78 is 10.8. The summed E-state index contributed by atoms with van der Waals surface area (Å²) in [7, 11) is 0. The van der Waals surface area contributed by atoms with E-state index in [4.69, 9.17) is 9.47 Å². The van der Waals surface area contributed by atoms with Crippen molar-refractivity contribution in [2.45, 2.75) is 44.2 Å². The fourth-order valence-corrected chi connectivity index (χ4v) is 2.44. The number of benzene rings is 1. The lowest BCUT2D eigenvalue weighted by atomic mass is 9.96. The van der Waals surface area contributed by atoms with Gasteiger partial charge in [0.1, 0.15) is 24.4 Å². The zero-order valence-electron chi connectivity index (χ0n) is 12.3. The largest absolute Gasteiger partial charge is 0.394 e. The first-order valence-corrected chi connectivity index (χ1v) is 7.08. The number of carbonyl (C=O) groups excluding carboxylic acids is 1. The van der Waals surface area contributed by atoms with Gasteiger partial charge >= 0.3 is 0 Å². The summed E-state index contributed by atoms with van der Waals surface area (Å²) in [5, 5.41) is 31.9. The summed E-state index contributed by atoms with van der Waals surface area (Å²) in [5.41, 5.74) is 0.887. The first-order chi connectivity index (χ1) is 10.5. The molecule has 2 rings (SSSR count). The Kier molecular flexibility index (Phi) is 5.87. The molecule has 1 aromatic rings. The molecule has 1 heterocycles. The summed E-state index contributed by atoms with van der Waals surface area (Å²) in [6.45, 7) is 1.03. The fourth-order valence-electron chi connectivity index (χ4n) is 2.44. The van der Waals surface area contributed by atoms with Crippen molar-refractivity contribution >= 4 is 5.91 Å². The molecule has 0 aliphatic carbocycles. The van der Waals surface area contributed by atoms with E-state index in [0.29, 0.717) is 0 Å². The van der Waals surface area contributed by atoms with Gasteiger partial charge in [0.15, 0.2) is 6.29 Å². The maximum Gasteiger partial charge on any atom is 0.217 e. The van der Waals surface area contributed by atoms with Crippen molar-refractivity contribution in [2.75, 3.05) is 6.61 Å². The molecule has 4 N–H and O–H groups in total. The molecule has 1 aliphatic heterocycles. The Morgan fingerprint density at radius 1 is 1.32 bits per heavy atom. The van der Waals surface area contributed by atoms with Gasteiger partial charge in [0.2, 0.25) is 5.91 Å². The molecule has 1 aliphatic rings. The Bertz CT molecular complexity index is 482. The Morgan fingerprint density at radius 2 is 2.00 bits per heavy atom. The Hall–Kier alpha value is -1.51. The monoisotopic (exact) mass is 311 g/mol. The van der Waals surface area contributed by atoms with Gasteiger partial charge in [0.25, 0.3) is 0 Å². The van der Waals surface area contributed by atoms with Crippen molar-refractivity contribution < 1.29 is 29.6 Å². The highest BCUT2D eigenvalue weighted by molar-refractivity contribution is 5.73. The SMILES string of the molecule is CC(=O)NC1C(OCc2ccccc2)[C@H](O)C(CO)O[C@H]1O. The molecular formula is C15H21NO6. The zero-order chi connectivity index (χ0) is 16.1. The third-order valence-corrected chi connectivity index (χ3v) is 3.53. The van der Waals surface area contributed by atoms with E-state index >= 15 is 0 Å². The van der Waals surface area contributed by atoms with Crippen molar-refractivity contribution in [3.63, 3.8) is 0 Å². The molecule has 7 nitrogen and oxygen atoms in total. The van der Waals surface area contributed by atoms with Gasteiger partial charge in [-0.25, -0.2) is 0 Å². The normalized spacial score (nSPS) is 31.7. The highest BCUT2D eigenvalue weighted by Gasteiger charge is 2.45. The van der Waals surface area contributed by atoms with Crippen LogP contribution >= 0.6 is 0 Å². The molecule has 1 amide bonds. The maximum absolute atomic E-state index is 11.3. The van der Waals surface area contributed by atoms with Crippen LogP contribution in [0.3, 0.4) is 0 Å². The molecule has 0 spiro atoms. The number of nitrogens with one attached hydrogen (secondary N) is 1. The standard InChI is InChI=1S/C15H21NO6/c1-9(18)16-12-14(13(19)11(7-17)22-15(12)20)21-8-10-5-3-2-4-6-10/h2-6,11-15,17,19-20H,7-8H2,1H3,(H,16,18)/t11?,12?,13-,14?,15-/m1/s1. The average molecular weight is 311 g/mol. The topological polar surface area (TPSA) is 108 Å². The molecule has 1 fully saturated rings. The van der Waals surface area contributed by atoms with E-state index in [9.17, 15) is 20.1 Å². The molecule has 0 saturated carbocycles. The van der Waals surface area contributed by atoms with Crippen LogP contribution in [0.5, 0.6) is 0 Å². The predicted molar refractivity (Wildman–Crippen MR) is 76.6 cm³/mol. The molecule has 122 valence electrons. The third-order valence-electron chi connectivity index (χ3n) is 3.53. The van der Waals surface area contributed by atoms with Crippen molar-refractivity contribution in [3.8, 4) is 0 Å². The number of rotatable bonds is 5. The minimum absolute atomic E-state index is 0.198. The quantitative estimate of drug-likeness (QED) is 0.564. The van der Waals surface area contributed by atoms with Gasteiger partial charge in [0.05, 0.1) is 13.2 Å². The number of aliphatic hydroxyl groups is 3. The summed E-state index contributed by atoms with van der Waals surface area (Å²) in [6, 6.07) is 8.39. The second-order valence-electron chi connectivity index (χ2n) is 5.23. The number of hydrogen-bond acceptors (Lipinski definition) is 6. The van der Waals surface area contributed by atoms with Crippen LogP contribution in [0.1, 0.15) is 12.5 Å². The van der Waals surface area contributed by atoms with Crippen LogP contribution in [0.25, 0.3) is 0 Å². The number of hydrogen-bond donors (Lipinski definition) is 4. The first kappa shape index (κ1) is 16.9. The van der Waals surface area contributed by atoms with Crippen LogP contribution in [0.15, 0.2) is 30.3 Å². The van der Waals surface area contributed by atoms with Crippen molar-refractivity contribution in [1.29, 1.82) is 0 Å². The van der Waals surface area contributed by atoms with E-state index in [-0.39, 0.29) is 12.5 Å². The zero-order valence-corrected chi connectivity index (χ0v) is 12.3. The lowest BCUT2D eigenvalue weighted by molar-refractivity contribution is -0.263. The number of ether oxygens (including phenoxy) is 2. The first-order valence-electron chi connectivity index (χ1n) is 7.08. The molecule has 22 heavy (non-hydrogen) atoms. The number of amides is 1. The van der Waals surface area contributed by atoms with Crippen molar-refractivity contribution in [1.82, 2.24) is 5.32 Å². The Labute approximate surface area is 128 Å². The molecule has 0 bridgehead atoms. The van der Waals surface area contributed by atoms with Crippen LogP contribution < -0.4 is 5.32 Å². The highest BCUT2D eigenvalue weighted by atomic mass is 16.6.